The Morgan fingerprint density at radius 3 is 2.56 bits per heavy atom. The van der Waals surface area contributed by atoms with Crippen LogP contribution in [0.4, 0.5) is 0 Å². The van der Waals surface area contributed by atoms with Crippen LogP contribution >= 0.6 is 0 Å². The molecular weight excluding hydrogens is 400 g/mol. The standard InChI is InChI=1S/C25H22N6O/c32-25(28-26-23-12-6-10-19-7-4-5-11-22(19)23)21-15-13-18(14-16-21)17-31-29-24(27-30-31)20-8-2-1-3-9-20/h1-5,7-9,11,13-16H,6,10,12,17H2,(H,28,32)/b26-23+. The summed E-state index contributed by atoms with van der Waals surface area (Å²) in [4.78, 5) is 14.1. The summed E-state index contributed by atoms with van der Waals surface area (Å²) in [5, 5.41) is 17.1. The lowest BCUT2D eigenvalue weighted by atomic mass is 9.90. The van der Waals surface area contributed by atoms with E-state index in [2.05, 4.69) is 38.1 Å². The molecule has 0 fully saturated rings. The predicted molar refractivity (Wildman–Crippen MR) is 122 cm³/mol. The number of hydrogen-bond donors (Lipinski definition) is 1. The average molecular weight is 422 g/mol. The average Bonchev–Trinajstić information content (AvgIpc) is 3.32. The SMILES string of the molecule is O=C(N/N=C1\CCCc2ccccc21)c1ccc(Cn2nnc(-c3ccccc3)n2)cc1. The van der Waals surface area contributed by atoms with Crippen LogP contribution in [0.15, 0.2) is 84.0 Å². The maximum absolute atomic E-state index is 12.6. The molecule has 0 saturated heterocycles. The van der Waals surface area contributed by atoms with E-state index in [0.717, 1.165) is 41.7 Å². The van der Waals surface area contributed by atoms with Crippen LogP contribution in [-0.2, 0) is 13.0 Å². The lowest BCUT2D eigenvalue weighted by molar-refractivity contribution is 0.0954. The van der Waals surface area contributed by atoms with Gasteiger partial charge in [-0.15, -0.1) is 10.2 Å². The van der Waals surface area contributed by atoms with Crippen molar-refractivity contribution in [2.24, 2.45) is 5.10 Å². The summed E-state index contributed by atoms with van der Waals surface area (Å²) in [6.07, 6.45) is 2.97. The topological polar surface area (TPSA) is 85.1 Å². The van der Waals surface area contributed by atoms with Gasteiger partial charge < -0.3 is 0 Å². The van der Waals surface area contributed by atoms with Gasteiger partial charge in [-0.2, -0.15) is 9.90 Å². The summed E-state index contributed by atoms with van der Waals surface area (Å²) in [7, 11) is 0. The summed E-state index contributed by atoms with van der Waals surface area (Å²) in [6.45, 7) is 0.473. The normalized spacial score (nSPS) is 14.2. The highest BCUT2D eigenvalue weighted by molar-refractivity contribution is 6.04. The zero-order valence-electron chi connectivity index (χ0n) is 17.5. The number of aryl methyl sites for hydroxylation is 1. The first-order valence-corrected chi connectivity index (χ1v) is 10.6. The van der Waals surface area contributed by atoms with Crippen LogP contribution in [-0.4, -0.2) is 31.8 Å². The van der Waals surface area contributed by atoms with Crippen molar-refractivity contribution in [3.63, 3.8) is 0 Å². The molecule has 7 heteroatoms. The third-order valence-electron chi connectivity index (χ3n) is 5.51. The monoisotopic (exact) mass is 422 g/mol. The first-order valence-electron chi connectivity index (χ1n) is 10.6. The van der Waals surface area contributed by atoms with Crippen molar-refractivity contribution in [1.29, 1.82) is 0 Å². The second-order valence-corrected chi connectivity index (χ2v) is 7.72. The molecule has 0 atom stereocenters. The number of fused-ring (bicyclic) bond motifs is 1. The number of amides is 1. The minimum Gasteiger partial charge on any atom is -0.267 e. The van der Waals surface area contributed by atoms with E-state index in [4.69, 9.17) is 0 Å². The van der Waals surface area contributed by atoms with E-state index in [9.17, 15) is 4.79 Å². The first-order chi connectivity index (χ1) is 15.8. The number of aromatic nitrogens is 4. The number of hydrogen-bond acceptors (Lipinski definition) is 5. The van der Waals surface area contributed by atoms with Gasteiger partial charge in [-0.25, -0.2) is 5.43 Å². The van der Waals surface area contributed by atoms with Crippen molar-refractivity contribution in [2.75, 3.05) is 0 Å². The second-order valence-electron chi connectivity index (χ2n) is 7.72. The maximum Gasteiger partial charge on any atom is 0.271 e. The number of rotatable bonds is 5. The number of carbonyl (C=O) groups excluding carboxylic acids is 1. The van der Waals surface area contributed by atoms with E-state index in [1.54, 1.807) is 16.9 Å². The molecule has 1 aliphatic rings. The zero-order chi connectivity index (χ0) is 21.8. The Morgan fingerprint density at radius 2 is 1.72 bits per heavy atom. The van der Waals surface area contributed by atoms with E-state index in [1.807, 2.05) is 54.6 Å². The number of carbonyl (C=O) groups is 1. The van der Waals surface area contributed by atoms with Crippen LogP contribution in [0.5, 0.6) is 0 Å². The van der Waals surface area contributed by atoms with E-state index in [-0.39, 0.29) is 5.91 Å². The van der Waals surface area contributed by atoms with Gasteiger partial charge in [-0.3, -0.25) is 4.79 Å². The molecule has 158 valence electrons. The van der Waals surface area contributed by atoms with Crippen molar-refractivity contribution in [1.82, 2.24) is 25.6 Å². The van der Waals surface area contributed by atoms with Crippen LogP contribution in [0.1, 0.15) is 39.9 Å². The number of hydrazone groups is 1. The third kappa shape index (κ3) is 4.32. The molecule has 7 nitrogen and oxygen atoms in total. The molecule has 32 heavy (non-hydrogen) atoms. The molecule has 0 bridgehead atoms. The first kappa shape index (κ1) is 19.8. The van der Waals surface area contributed by atoms with Gasteiger partial charge in [0.2, 0.25) is 5.82 Å². The Hall–Kier alpha value is -4.13. The molecule has 1 aliphatic carbocycles. The van der Waals surface area contributed by atoms with Crippen molar-refractivity contribution >= 4 is 11.6 Å². The molecule has 0 saturated carbocycles. The molecule has 1 N–H and O–H groups in total. The molecule has 0 radical (unpaired) electrons. The minimum atomic E-state index is -0.225. The van der Waals surface area contributed by atoms with Crippen molar-refractivity contribution in [3.8, 4) is 11.4 Å². The number of tetrazole rings is 1. The highest BCUT2D eigenvalue weighted by Crippen LogP contribution is 2.21. The van der Waals surface area contributed by atoms with Crippen LogP contribution < -0.4 is 5.43 Å². The van der Waals surface area contributed by atoms with Gasteiger partial charge in [0.15, 0.2) is 0 Å². The van der Waals surface area contributed by atoms with E-state index < -0.39 is 0 Å². The largest absolute Gasteiger partial charge is 0.271 e. The Kier molecular flexibility index (Phi) is 5.53. The van der Waals surface area contributed by atoms with E-state index >= 15 is 0 Å². The fraction of sp³-hybridized carbons (Fsp3) is 0.160. The lowest BCUT2D eigenvalue weighted by Gasteiger charge is -2.17. The maximum atomic E-state index is 12.6. The summed E-state index contributed by atoms with van der Waals surface area (Å²) in [5.41, 5.74) is 8.51. The highest BCUT2D eigenvalue weighted by atomic mass is 16.2. The van der Waals surface area contributed by atoms with Crippen molar-refractivity contribution in [2.45, 2.75) is 25.8 Å². The van der Waals surface area contributed by atoms with Gasteiger partial charge in [-0.05, 0) is 47.7 Å². The van der Waals surface area contributed by atoms with Crippen molar-refractivity contribution < 1.29 is 4.79 Å². The minimum absolute atomic E-state index is 0.225. The van der Waals surface area contributed by atoms with Crippen LogP contribution in [0, 0.1) is 0 Å². The Morgan fingerprint density at radius 1 is 0.938 bits per heavy atom. The summed E-state index contributed by atoms with van der Waals surface area (Å²) in [5.74, 6) is 0.363. The Balaban J connectivity index is 1.23. The molecular formula is C25H22N6O. The molecule has 0 unspecified atom stereocenters. The van der Waals surface area contributed by atoms with E-state index in [0.29, 0.717) is 17.9 Å². The van der Waals surface area contributed by atoms with Gasteiger partial charge in [0.1, 0.15) is 0 Å². The zero-order valence-corrected chi connectivity index (χ0v) is 17.5. The Bertz CT molecular complexity index is 1260. The van der Waals surface area contributed by atoms with Gasteiger partial charge in [0.05, 0.1) is 12.3 Å². The van der Waals surface area contributed by atoms with Crippen LogP contribution in [0.2, 0.25) is 0 Å². The van der Waals surface area contributed by atoms with Crippen LogP contribution in [0.3, 0.4) is 0 Å². The molecule has 1 heterocycles. The molecule has 5 rings (SSSR count). The molecule has 1 aromatic heterocycles. The van der Waals surface area contributed by atoms with E-state index in [1.165, 1.54) is 5.56 Å². The highest BCUT2D eigenvalue weighted by Gasteiger charge is 2.15. The lowest BCUT2D eigenvalue weighted by Crippen LogP contribution is -2.22. The molecule has 0 spiro atoms. The third-order valence-corrected chi connectivity index (χ3v) is 5.51. The molecule has 0 aliphatic heterocycles. The molecule has 3 aromatic carbocycles. The second kappa shape index (κ2) is 8.93. The van der Waals surface area contributed by atoms with Gasteiger partial charge in [0, 0.05) is 16.7 Å². The predicted octanol–water partition coefficient (Wildman–Crippen LogP) is 3.86. The number of benzene rings is 3. The smallest absolute Gasteiger partial charge is 0.267 e. The summed E-state index contributed by atoms with van der Waals surface area (Å²) in [6, 6.07) is 25.3. The summed E-state index contributed by atoms with van der Waals surface area (Å²) < 4.78 is 0. The molecule has 4 aromatic rings. The number of nitrogens with zero attached hydrogens (tertiary/aromatic N) is 5. The fourth-order valence-electron chi connectivity index (χ4n) is 3.84. The fourth-order valence-corrected chi connectivity index (χ4v) is 3.84. The quantitative estimate of drug-likeness (QED) is 0.495. The van der Waals surface area contributed by atoms with Gasteiger partial charge in [-0.1, -0.05) is 66.7 Å². The Labute approximate surface area is 185 Å². The summed E-state index contributed by atoms with van der Waals surface area (Å²) >= 11 is 0. The van der Waals surface area contributed by atoms with Gasteiger partial charge >= 0.3 is 0 Å². The van der Waals surface area contributed by atoms with Crippen LogP contribution in [0.25, 0.3) is 11.4 Å². The number of nitrogens with one attached hydrogen (secondary N) is 1. The van der Waals surface area contributed by atoms with Crippen molar-refractivity contribution in [3.05, 3.63) is 101 Å². The van der Waals surface area contributed by atoms with Gasteiger partial charge in [0.25, 0.3) is 5.91 Å². The molecule has 1 amide bonds.